The van der Waals surface area contributed by atoms with Crippen LogP contribution in [0, 0.1) is 0 Å². The second-order valence-corrected chi connectivity index (χ2v) is 5.63. The van der Waals surface area contributed by atoms with Crippen LogP contribution < -0.4 is 10.2 Å². The molecule has 0 aliphatic carbocycles. The Morgan fingerprint density at radius 3 is 2.43 bits per heavy atom. The number of anilines is 2. The summed E-state index contributed by atoms with van der Waals surface area (Å²) in [6.45, 7) is 8.50. The third kappa shape index (κ3) is 4.90. The Morgan fingerprint density at radius 2 is 1.90 bits per heavy atom. The Labute approximate surface area is 137 Å². The highest BCUT2D eigenvalue weighted by molar-refractivity contribution is 6.37. The van der Waals surface area contributed by atoms with Gasteiger partial charge in [0.15, 0.2) is 0 Å². The SMILES string of the molecule is CCNc1nc(N(CCOC)C(CC)CC)c(Cl)cc1Cl. The predicted molar refractivity (Wildman–Crippen MR) is 92.0 cm³/mol. The molecular weight excluding hydrogens is 309 g/mol. The van der Waals surface area contributed by atoms with Crippen molar-refractivity contribution >= 4 is 34.8 Å². The van der Waals surface area contributed by atoms with E-state index in [1.807, 2.05) is 6.92 Å². The van der Waals surface area contributed by atoms with E-state index < -0.39 is 0 Å². The van der Waals surface area contributed by atoms with Gasteiger partial charge in [-0.3, -0.25) is 0 Å². The number of pyridine rings is 1. The van der Waals surface area contributed by atoms with Gasteiger partial charge in [-0.2, -0.15) is 0 Å². The molecule has 1 aromatic heterocycles. The second kappa shape index (κ2) is 9.34. The zero-order valence-corrected chi connectivity index (χ0v) is 14.8. The van der Waals surface area contributed by atoms with E-state index in [2.05, 4.69) is 29.0 Å². The molecule has 1 N–H and O–H groups in total. The van der Waals surface area contributed by atoms with Crippen molar-refractivity contribution in [3.8, 4) is 0 Å². The highest BCUT2D eigenvalue weighted by Gasteiger charge is 2.21. The summed E-state index contributed by atoms with van der Waals surface area (Å²) in [4.78, 5) is 6.84. The molecule has 0 aliphatic heterocycles. The lowest BCUT2D eigenvalue weighted by atomic mass is 10.1. The van der Waals surface area contributed by atoms with Crippen LogP contribution in [0.25, 0.3) is 0 Å². The van der Waals surface area contributed by atoms with E-state index in [9.17, 15) is 0 Å². The van der Waals surface area contributed by atoms with Gasteiger partial charge in [0.2, 0.25) is 0 Å². The van der Waals surface area contributed by atoms with Gasteiger partial charge >= 0.3 is 0 Å². The second-order valence-electron chi connectivity index (χ2n) is 4.81. The van der Waals surface area contributed by atoms with Crippen LogP contribution in [0.2, 0.25) is 10.0 Å². The van der Waals surface area contributed by atoms with Crippen LogP contribution >= 0.6 is 23.2 Å². The average Bonchev–Trinajstić information content (AvgIpc) is 2.47. The van der Waals surface area contributed by atoms with Crippen LogP contribution in [0.15, 0.2) is 6.07 Å². The lowest BCUT2D eigenvalue weighted by Gasteiger charge is -2.32. The monoisotopic (exact) mass is 333 g/mol. The number of aromatic nitrogens is 1. The van der Waals surface area contributed by atoms with Gasteiger partial charge in [0.1, 0.15) is 11.6 Å². The van der Waals surface area contributed by atoms with Crippen molar-refractivity contribution < 1.29 is 4.74 Å². The summed E-state index contributed by atoms with van der Waals surface area (Å²) >= 11 is 12.6. The highest BCUT2D eigenvalue weighted by Crippen LogP contribution is 2.33. The molecule has 0 amide bonds. The molecule has 1 heterocycles. The van der Waals surface area contributed by atoms with Gasteiger partial charge in [-0.15, -0.1) is 0 Å². The zero-order chi connectivity index (χ0) is 15.8. The Balaban J connectivity index is 3.18. The third-order valence-corrected chi connectivity index (χ3v) is 4.01. The van der Waals surface area contributed by atoms with Crippen molar-refractivity contribution in [3.63, 3.8) is 0 Å². The predicted octanol–water partition coefficient (Wildman–Crippen LogP) is 4.46. The maximum atomic E-state index is 6.38. The van der Waals surface area contributed by atoms with Gasteiger partial charge < -0.3 is 15.0 Å². The summed E-state index contributed by atoms with van der Waals surface area (Å²) in [7, 11) is 1.70. The number of nitrogens with one attached hydrogen (secondary N) is 1. The molecular formula is C15H25Cl2N3O. The van der Waals surface area contributed by atoms with E-state index in [0.717, 1.165) is 31.7 Å². The Kier molecular flexibility index (Phi) is 8.15. The number of nitrogens with zero attached hydrogens (tertiary/aromatic N) is 2. The Hall–Kier alpha value is -0.710. The minimum Gasteiger partial charge on any atom is -0.383 e. The molecule has 0 aromatic carbocycles. The van der Waals surface area contributed by atoms with E-state index in [1.54, 1.807) is 13.2 Å². The van der Waals surface area contributed by atoms with Crippen molar-refractivity contribution in [1.29, 1.82) is 0 Å². The summed E-state index contributed by atoms with van der Waals surface area (Å²) in [5.41, 5.74) is 0. The zero-order valence-electron chi connectivity index (χ0n) is 13.2. The maximum absolute atomic E-state index is 6.38. The summed E-state index contributed by atoms with van der Waals surface area (Å²) in [5, 5.41) is 4.29. The van der Waals surface area contributed by atoms with Crippen molar-refractivity contribution in [3.05, 3.63) is 16.1 Å². The summed E-state index contributed by atoms with van der Waals surface area (Å²) < 4.78 is 5.22. The normalized spacial score (nSPS) is 11.0. The van der Waals surface area contributed by atoms with Gasteiger partial charge in [-0.25, -0.2) is 4.98 Å². The van der Waals surface area contributed by atoms with E-state index in [4.69, 9.17) is 27.9 Å². The molecule has 4 nitrogen and oxygen atoms in total. The molecule has 0 radical (unpaired) electrons. The molecule has 0 spiro atoms. The fourth-order valence-electron chi connectivity index (χ4n) is 2.33. The van der Waals surface area contributed by atoms with Crippen LogP contribution in [-0.2, 0) is 4.74 Å². The maximum Gasteiger partial charge on any atom is 0.150 e. The van der Waals surface area contributed by atoms with Gasteiger partial charge in [0.05, 0.1) is 16.7 Å². The van der Waals surface area contributed by atoms with Crippen molar-refractivity contribution in [2.24, 2.45) is 0 Å². The summed E-state index contributed by atoms with van der Waals surface area (Å²) in [6, 6.07) is 2.13. The molecule has 6 heteroatoms. The minimum absolute atomic E-state index is 0.376. The van der Waals surface area contributed by atoms with Crippen LogP contribution in [0.3, 0.4) is 0 Å². The van der Waals surface area contributed by atoms with E-state index >= 15 is 0 Å². The number of rotatable bonds is 9. The molecule has 0 atom stereocenters. The number of hydrogen-bond acceptors (Lipinski definition) is 4. The molecule has 0 aliphatic rings. The van der Waals surface area contributed by atoms with E-state index in [0.29, 0.717) is 28.5 Å². The first-order valence-corrected chi connectivity index (χ1v) is 8.19. The molecule has 0 saturated carbocycles. The summed E-state index contributed by atoms with van der Waals surface area (Å²) in [6.07, 6.45) is 2.05. The lowest BCUT2D eigenvalue weighted by molar-refractivity contribution is 0.202. The molecule has 21 heavy (non-hydrogen) atoms. The smallest absolute Gasteiger partial charge is 0.150 e. The Morgan fingerprint density at radius 1 is 1.24 bits per heavy atom. The van der Waals surface area contributed by atoms with Gasteiger partial charge in [0.25, 0.3) is 0 Å². The van der Waals surface area contributed by atoms with Gasteiger partial charge in [0, 0.05) is 26.2 Å². The largest absolute Gasteiger partial charge is 0.383 e. The number of methoxy groups -OCH3 is 1. The van der Waals surface area contributed by atoms with E-state index in [1.165, 1.54) is 0 Å². The summed E-state index contributed by atoms with van der Waals surface area (Å²) in [5.74, 6) is 1.44. The quantitative estimate of drug-likeness (QED) is 0.723. The number of hydrogen-bond donors (Lipinski definition) is 1. The fourth-order valence-corrected chi connectivity index (χ4v) is 2.86. The first-order valence-electron chi connectivity index (χ1n) is 7.44. The standard InChI is InChI=1S/C15H25Cl2N3O/c1-5-11(6-2)20(8-9-21-4)15-13(17)10-12(16)14(19-15)18-7-3/h10-11H,5-9H2,1-4H3,(H,18,19). The van der Waals surface area contributed by atoms with Crippen LogP contribution in [-0.4, -0.2) is 37.8 Å². The lowest BCUT2D eigenvalue weighted by Crippen LogP contribution is -2.38. The van der Waals surface area contributed by atoms with Gasteiger partial charge in [-0.1, -0.05) is 37.0 Å². The molecule has 1 rings (SSSR count). The number of ether oxygens (including phenoxy) is 1. The molecule has 0 unspecified atom stereocenters. The van der Waals surface area contributed by atoms with Crippen LogP contribution in [0.1, 0.15) is 33.6 Å². The molecule has 1 aromatic rings. The first-order chi connectivity index (χ1) is 10.1. The van der Waals surface area contributed by atoms with Crippen molar-refractivity contribution in [2.45, 2.75) is 39.7 Å². The van der Waals surface area contributed by atoms with Crippen LogP contribution in [0.4, 0.5) is 11.6 Å². The highest BCUT2D eigenvalue weighted by atomic mass is 35.5. The molecule has 0 bridgehead atoms. The van der Waals surface area contributed by atoms with Gasteiger partial charge in [-0.05, 0) is 25.8 Å². The minimum atomic E-state index is 0.376. The first kappa shape index (κ1) is 18.3. The molecule has 0 fully saturated rings. The van der Waals surface area contributed by atoms with Crippen molar-refractivity contribution in [2.75, 3.05) is 37.0 Å². The Bertz CT molecular complexity index is 439. The molecule has 120 valence electrons. The number of halogens is 2. The fraction of sp³-hybridized carbons (Fsp3) is 0.667. The van der Waals surface area contributed by atoms with E-state index in [-0.39, 0.29) is 0 Å². The average molecular weight is 334 g/mol. The van der Waals surface area contributed by atoms with Crippen LogP contribution in [0.5, 0.6) is 0 Å². The van der Waals surface area contributed by atoms with Crippen molar-refractivity contribution in [1.82, 2.24) is 4.98 Å². The molecule has 0 saturated heterocycles. The third-order valence-electron chi connectivity index (χ3n) is 3.45. The topological polar surface area (TPSA) is 37.4 Å².